The fourth-order valence-corrected chi connectivity index (χ4v) is 3.34. The molecule has 1 aromatic heterocycles. The number of aromatic nitrogens is 1. The Morgan fingerprint density at radius 2 is 2.05 bits per heavy atom. The maximum absolute atomic E-state index is 12.1. The number of rotatable bonds is 3. The Labute approximate surface area is 140 Å². The quantitative estimate of drug-likeness (QED) is 0.899. The number of amides is 1. The molecule has 1 aromatic carbocycles. The molecule has 0 saturated heterocycles. The summed E-state index contributed by atoms with van der Waals surface area (Å²) in [4.78, 5) is 16.6. The van der Waals surface area contributed by atoms with E-state index in [2.05, 4.69) is 10.3 Å². The van der Waals surface area contributed by atoms with Crippen LogP contribution >= 0.6 is 23.7 Å². The minimum Gasteiger partial charge on any atom is -0.328 e. The summed E-state index contributed by atoms with van der Waals surface area (Å²) in [5.74, 6) is 0.140. The smallest absolute Gasteiger partial charge is 0.227 e. The minimum atomic E-state index is 0. The molecule has 0 radical (unpaired) electrons. The molecule has 2 atom stereocenters. The molecule has 1 fully saturated rings. The maximum Gasteiger partial charge on any atom is 0.227 e. The van der Waals surface area contributed by atoms with Crippen LogP contribution in [0.15, 0.2) is 29.6 Å². The third-order valence-corrected chi connectivity index (χ3v) is 4.68. The molecule has 1 heterocycles. The summed E-state index contributed by atoms with van der Waals surface area (Å²) in [6, 6.07) is 8.01. The first kappa shape index (κ1) is 16.9. The molecule has 2 aromatic rings. The van der Waals surface area contributed by atoms with Gasteiger partial charge >= 0.3 is 0 Å². The molecule has 3 rings (SSSR count). The Morgan fingerprint density at radius 3 is 2.59 bits per heavy atom. The van der Waals surface area contributed by atoms with Crippen molar-refractivity contribution in [1.82, 2.24) is 4.98 Å². The van der Waals surface area contributed by atoms with E-state index in [1.165, 1.54) is 0 Å². The molecule has 0 bridgehead atoms. The molecule has 1 amide bonds. The van der Waals surface area contributed by atoms with Gasteiger partial charge in [-0.2, -0.15) is 0 Å². The predicted octanol–water partition coefficient (Wildman–Crippen LogP) is 3.61. The molecular formula is C16H20ClN3OS. The summed E-state index contributed by atoms with van der Waals surface area (Å²) < 4.78 is 0. The van der Waals surface area contributed by atoms with Crippen LogP contribution in [0.5, 0.6) is 0 Å². The molecule has 0 aliphatic heterocycles. The van der Waals surface area contributed by atoms with Crippen LogP contribution in [0.2, 0.25) is 0 Å². The second kappa shape index (κ2) is 7.22. The average molecular weight is 338 g/mol. The molecule has 118 valence electrons. The number of hydrogen-bond acceptors (Lipinski definition) is 4. The highest BCUT2D eigenvalue weighted by atomic mass is 35.5. The van der Waals surface area contributed by atoms with E-state index in [-0.39, 0.29) is 30.3 Å². The monoisotopic (exact) mass is 337 g/mol. The number of halogens is 1. The first-order valence-electron chi connectivity index (χ1n) is 7.21. The van der Waals surface area contributed by atoms with Gasteiger partial charge in [-0.3, -0.25) is 4.79 Å². The van der Waals surface area contributed by atoms with Crippen LogP contribution in [0.3, 0.4) is 0 Å². The molecule has 6 heteroatoms. The SMILES string of the molecule is Cc1nc(-c2ccc(NC(=O)C3CCC(N)C3)cc2)cs1.Cl. The van der Waals surface area contributed by atoms with Crippen molar-refractivity contribution >= 4 is 35.3 Å². The molecule has 1 saturated carbocycles. The van der Waals surface area contributed by atoms with E-state index in [0.717, 1.165) is 41.2 Å². The normalized spacial score (nSPS) is 20.5. The molecule has 1 aliphatic carbocycles. The minimum absolute atomic E-state index is 0. The van der Waals surface area contributed by atoms with Gasteiger partial charge in [-0.25, -0.2) is 4.98 Å². The van der Waals surface area contributed by atoms with Crippen LogP contribution in [0.25, 0.3) is 11.3 Å². The fourth-order valence-electron chi connectivity index (χ4n) is 2.72. The second-order valence-corrected chi connectivity index (χ2v) is 6.65. The Balaban J connectivity index is 0.00000176. The summed E-state index contributed by atoms with van der Waals surface area (Å²) in [6.07, 6.45) is 2.63. The van der Waals surface area contributed by atoms with Crippen molar-refractivity contribution in [2.45, 2.75) is 32.2 Å². The molecule has 0 spiro atoms. The first-order chi connectivity index (χ1) is 10.1. The lowest BCUT2D eigenvalue weighted by atomic mass is 10.1. The van der Waals surface area contributed by atoms with Crippen LogP contribution in [0, 0.1) is 12.8 Å². The number of nitrogens with zero attached hydrogens (tertiary/aromatic N) is 1. The highest BCUT2D eigenvalue weighted by Crippen LogP contribution is 2.26. The number of benzene rings is 1. The van der Waals surface area contributed by atoms with Crippen molar-refractivity contribution in [1.29, 1.82) is 0 Å². The lowest BCUT2D eigenvalue weighted by Gasteiger charge is -2.11. The number of nitrogens with two attached hydrogens (primary N) is 1. The van der Waals surface area contributed by atoms with E-state index < -0.39 is 0 Å². The van der Waals surface area contributed by atoms with Gasteiger partial charge in [0, 0.05) is 28.6 Å². The Morgan fingerprint density at radius 1 is 1.32 bits per heavy atom. The Hall–Kier alpha value is -1.43. The van der Waals surface area contributed by atoms with Gasteiger partial charge in [-0.15, -0.1) is 23.7 Å². The number of anilines is 1. The number of aryl methyl sites for hydroxylation is 1. The molecular weight excluding hydrogens is 318 g/mol. The lowest BCUT2D eigenvalue weighted by molar-refractivity contribution is -0.119. The van der Waals surface area contributed by atoms with Crippen LogP contribution in [-0.2, 0) is 4.79 Å². The van der Waals surface area contributed by atoms with Gasteiger partial charge in [-0.1, -0.05) is 12.1 Å². The molecule has 4 nitrogen and oxygen atoms in total. The third kappa shape index (κ3) is 3.85. The van der Waals surface area contributed by atoms with Crippen molar-refractivity contribution in [2.75, 3.05) is 5.32 Å². The number of nitrogens with one attached hydrogen (secondary N) is 1. The van der Waals surface area contributed by atoms with E-state index in [1.807, 2.05) is 36.6 Å². The molecule has 2 unspecified atom stereocenters. The van der Waals surface area contributed by atoms with Gasteiger partial charge in [0.25, 0.3) is 0 Å². The largest absolute Gasteiger partial charge is 0.328 e. The van der Waals surface area contributed by atoms with Crippen molar-refractivity contribution < 1.29 is 4.79 Å². The van der Waals surface area contributed by atoms with Crippen molar-refractivity contribution in [3.8, 4) is 11.3 Å². The lowest BCUT2D eigenvalue weighted by Crippen LogP contribution is -2.23. The number of thiazole rings is 1. The van der Waals surface area contributed by atoms with Gasteiger partial charge in [0.1, 0.15) is 0 Å². The van der Waals surface area contributed by atoms with Crippen LogP contribution in [-0.4, -0.2) is 16.9 Å². The highest BCUT2D eigenvalue weighted by molar-refractivity contribution is 7.09. The maximum atomic E-state index is 12.1. The van der Waals surface area contributed by atoms with Crippen molar-refractivity contribution in [2.24, 2.45) is 11.7 Å². The van der Waals surface area contributed by atoms with Crippen molar-refractivity contribution in [3.63, 3.8) is 0 Å². The van der Waals surface area contributed by atoms with Gasteiger partial charge < -0.3 is 11.1 Å². The van der Waals surface area contributed by atoms with Gasteiger partial charge in [0.15, 0.2) is 0 Å². The van der Waals surface area contributed by atoms with Crippen molar-refractivity contribution in [3.05, 3.63) is 34.7 Å². The van der Waals surface area contributed by atoms with Crippen LogP contribution < -0.4 is 11.1 Å². The fraction of sp³-hybridized carbons (Fsp3) is 0.375. The molecule has 3 N–H and O–H groups in total. The zero-order chi connectivity index (χ0) is 14.8. The Bertz CT molecular complexity index is 641. The topological polar surface area (TPSA) is 68.0 Å². The summed E-state index contributed by atoms with van der Waals surface area (Å²) in [6.45, 7) is 2.00. The van der Waals surface area contributed by atoms with Crippen LogP contribution in [0.1, 0.15) is 24.3 Å². The number of carbonyl (C=O) groups excluding carboxylic acids is 1. The van der Waals surface area contributed by atoms with E-state index in [1.54, 1.807) is 11.3 Å². The van der Waals surface area contributed by atoms with Gasteiger partial charge in [-0.05, 0) is 38.3 Å². The van der Waals surface area contributed by atoms with E-state index in [4.69, 9.17) is 5.73 Å². The Kier molecular flexibility index (Phi) is 5.56. The van der Waals surface area contributed by atoms with E-state index in [0.29, 0.717) is 0 Å². The standard InChI is InChI=1S/C16H19N3OS.ClH/c1-10-18-15(9-21-10)11-3-6-14(7-4-11)19-16(20)12-2-5-13(17)8-12;/h3-4,6-7,9,12-13H,2,5,8,17H2,1H3,(H,19,20);1H. The average Bonchev–Trinajstić information content (AvgIpc) is 3.08. The van der Waals surface area contributed by atoms with E-state index >= 15 is 0 Å². The zero-order valence-electron chi connectivity index (χ0n) is 12.4. The summed E-state index contributed by atoms with van der Waals surface area (Å²) >= 11 is 1.64. The number of hydrogen-bond donors (Lipinski definition) is 2. The van der Waals surface area contributed by atoms with Crippen LogP contribution in [0.4, 0.5) is 5.69 Å². The van der Waals surface area contributed by atoms with E-state index in [9.17, 15) is 4.79 Å². The zero-order valence-corrected chi connectivity index (χ0v) is 14.0. The third-order valence-electron chi connectivity index (χ3n) is 3.91. The summed E-state index contributed by atoms with van der Waals surface area (Å²) in [7, 11) is 0. The van der Waals surface area contributed by atoms with Gasteiger partial charge in [0.2, 0.25) is 5.91 Å². The second-order valence-electron chi connectivity index (χ2n) is 5.59. The molecule has 1 aliphatic rings. The van der Waals surface area contributed by atoms with Gasteiger partial charge in [0.05, 0.1) is 10.7 Å². The highest BCUT2D eigenvalue weighted by Gasteiger charge is 2.27. The first-order valence-corrected chi connectivity index (χ1v) is 8.09. The number of carbonyl (C=O) groups is 1. The summed E-state index contributed by atoms with van der Waals surface area (Å²) in [5, 5.41) is 6.08. The summed E-state index contributed by atoms with van der Waals surface area (Å²) in [5.41, 5.74) is 8.74. The predicted molar refractivity (Wildman–Crippen MR) is 93.5 cm³/mol. The molecule has 22 heavy (non-hydrogen) atoms.